The van der Waals surface area contributed by atoms with E-state index in [0.29, 0.717) is 23.6 Å². The summed E-state index contributed by atoms with van der Waals surface area (Å²) in [5.41, 5.74) is 0.874. The lowest BCUT2D eigenvalue weighted by atomic mass is 10.00. The van der Waals surface area contributed by atoms with Gasteiger partial charge < -0.3 is 4.90 Å². The topological polar surface area (TPSA) is 23.6 Å². The summed E-state index contributed by atoms with van der Waals surface area (Å²) in [5, 5.41) is 0.593. The summed E-state index contributed by atoms with van der Waals surface area (Å²) in [6.45, 7) is 2.82. The first-order chi connectivity index (χ1) is 13.7. The maximum Gasteiger partial charge on any atom is 0.416 e. The standard InChI is InChI=1S/C22H24ClF3N2O/c1-27-12-13-28(15-21(29)17-5-9-19(23)10-6-17)20(14-27)11-4-16-2-7-18(8-3-16)22(24,25)26/h2-3,5-10,20H,4,11-15H2,1H3. The first-order valence-corrected chi connectivity index (χ1v) is 9.97. The molecule has 0 radical (unpaired) electrons. The molecule has 1 aliphatic heterocycles. The molecule has 7 heteroatoms. The van der Waals surface area contributed by atoms with Crippen LogP contribution in [0.2, 0.25) is 5.02 Å². The van der Waals surface area contributed by atoms with Crippen LogP contribution in [0.1, 0.15) is 27.9 Å². The third kappa shape index (κ3) is 6.04. The Bertz CT molecular complexity index is 821. The van der Waals surface area contributed by atoms with Crippen molar-refractivity contribution in [3.8, 4) is 0 Å². The van der Waals surface area contributed by atoms with Gasteiger partial charge in [-0.3, -0.25) is 9.69 Å². The van der Waals surface area contributed by atoms with Crippen LogP contribution in [0.5, 0.6) is 0 Å². The van der Waals surface area contributed by atoms with Gasteiger partial charge in [-0.1, -0.05) is 23.7 Å². The van der Waals surface area contributed by atoms with Crippen LogP contribution < -0.4 is 0 Å². The van der Waals surface area contributed by atoms with Crippen molar-refractivity contribution in [2.24, 2.45) is 0 Å². The average molecular weight is 425 g/mol. The lowest BCUT2D eigenvalue weighted by molar-refractivity contribution is -0.137. The molecule has 3 rings (SSSR count). The summed E-state index contributed by atoms with van der Waals surface area (Å²) in [7, 11) is 2.05. The number of benzene rings is 2. The van der Waals surface area contributed by atoms with Crippen LogP contribution in [0, 0.1) is 0 Å². The quantitative estimate of drug-likeness (QED) is 0.623. The summed E-state index contributed by atoms with van der Waals surface area (Å²) in [6, 6.07) is 12.4. The summed E-state index contributed by atoms with van der Waals surface area (Å²) in [5.74, 6) is 0.0470. The van der Waals surface area contributed by atoms with Crippen LogP contribution in [0.3, 0.4) is 0 Å². The molecule has 0 aromatic heterocycles. The smallest absolute Gasteiger partial charge is 0.304 e. The fourth-order valence-corrected chi connectivity index (χ4v) is 3.76. The Kier molecular flexibility index (Phi) is 6.98. The molecule has 0 saturated carbocycles. The van der Waals surface area contributed by atoms with E-state index in [4.69, 9.17) is 11.6 Å². The molecular formula is C22H24ClF3N2O. The van der Waals surface area contributed by atoms with E-state index in [1.807, 2.05) is 7.05 Å². The monoisotopic (exact) mass is 424 g/mol. The molecule has 2 aromatic rings. The van der Waals surface area contributed by atoms with Crippen molar-refractivity contribution in [3.63, 3.8) is 0 Å². The minimum absolute atomic E-state index is 0.0470. The van der Waals surface area contributed by atoms with Gasteiger partial charge in [-0.15, -0.1) is 0 Å². The number of Topliss-reactive ketones (excluding diaryl/α,β-unsaturated/α-hetero) is 1. The maximum atomic E-state index is 12.7. The third-order valence-corrected chi connectivity index (χ3v) is 5.62. The number of piperazine rings is 1. The number of ketones is 1. The van der Waals surface area contributed by atoms with Gasteiger partial charge in [0.05, 0.1) is 12.1 Å². The SMILES string of the molecule is CN1CCN(CC(=O)c2ccc(Cl)cc2)C(CCc2ccc(C(F)(F)F)cc2)C1. The number of hydrogen-bond acceptors (Lipinski definition) is 3. The molecule has 0 N–H and O–H groups in total. The van der Waals surface area contributed by atoms with Crippen molar-refractivity contribution < 1.29 is 18.0 Å². The summed E-state index contributed by atoms with van der Waals surface area (Å²) in [6.07, 6.45) is -2.87. The fourth-order valence-electron chi connectivity index (χ4n) is 3.64. The van der Waals surface area contributed by atoms with Crippen molar-refractivity contribution >= 4 is 17.4 Å². The summed E-state index contributed by atoms with van der Waals surface area (Å²) < 4.78 is 38.2. The van der Waals surface area contributed by atoms with Crippen molar-refractivity contribution in [1.82, 2.24) is 9.80 Å². The van der Waals surface area contributed by atoms with Gasteiger partial charge in [-0.25, -0.2) is 0 Å². The van der Waals surface area contributed by atoms with Crippen LogP contribution in [0.4, 0.5) is 13.2 Å². The maximum absolute atomic E-state index is 12.7. The minimum Gasteiger partial charge on any atom is -0.304 e. The van der Waals surface area contributed by atoms with E-state index in [1.165, 1.54) is 0 Å². The van der Waals surface area contributed by atoms with E-state index in [1.54, 1.807) is 36.4 Å². The van der Waals surface area contributed by atoms with Crippen molar-refractivity contribution in [2.75, 3.05) is 33.2 Å². The number of rotatable bonds is 6. The second kappa shape index (κ2) is 9.28. The number of aryl methyl sites for hydroxylation is 1. The molecule has 1 saturated heterocycles. The van der Waals surface area contributed by atoms with Crippen LogP contribution in [-0.2, 0) is 12.6 Å². The number of halogens is 4. The van der Waals surface area contributed by atoms with Crippen molar-refractivity contribution in [3.05, 3.63) is 70.2 Å². The van der Waals surface area contributed by atoms with E-state index in [2.05, 4.69) is 9.80 Å². The highest BCUT2D eigenvalue weighted by molar-refractivity contribution is 6.30. The Balaban J connectivity index is 1.62. The van der Waals surface area contributed by atoms with Crippen LogP contribution in [0.25, 0.3) is 0 Å². The van der Waals surface area contributed by atoms with E-state index < -0.39 is 11.7 Å². The van der Waals surface area contributed by atoms with E-state index in [-0.39, 0.29) is 11.8 Å². The highest BCUT2D eigenvalue weighted by Crippen LogP contribution is 2.29. The highest BCUT2D eigenvalue weighted by Gasteiger charge is 2.30. The lowest BCUT2D eigenvalue weighted by Crippen LogP contribution is -2.53. The molecule has 1 fully saturated rings. The first-order valence-electron chi connectivity index (χ1n) is 9.60. The van der Waals surface area contributed by atoms with Gasteiger partial charge in [-0.2, -0.15) is 13.2 Å². The van der Waals surface area contributed by atoms with Gasteiger partial charge in [0.15, 0.2) is 5.78 Å². The Morgan fingerprint density at radius 3 is 2.34 bits per heavy atom. The molecule has 156 valence electrons. The van der Waals surface area contributed by atoms with Gasteiger partial charge in [0.25, 0.3) is 0 Å². The normalized spacial score (nSPS) is 18.7. The van der Waals surface area contributed by atoms with Crippen LogP contribution in [0.15, 0.2) is 48.5 Å². The van der Waals surface area contributed by atoms with Gasteiger partial charge in [0.1, 0.15) is 0 Å². The van der Waals surface area contributed by atoms with E-state index in [9.17, 15) is 18.0 Å². The average Bonchev–Trinajstić information content (AvgIpc) is 2.68. The number of alkyl halides is 3. The van der Waals surface area contributed by atoms with Gasteiger partial charge in [0, 0.05) is 36.3 Å². The molecule has 3 nitrogen and oxygen atoms in total. The molecule has 0 aliphatic carbocycles. The molecule has 0 bridgehead atoms. The predicted molar refractivity (Wildman–Crippen MR) is 108 cm³/mol. The third-order valence-electron chi connectivity index (χ3n) is 5.37. The van der Waals surface area contributed by atoms with E-state index >= 15 is 0 Å². The van der Waals surface area contributed by atoms with Gasteiger partial charge in [0.2, 0.25) is 0 Å². The molecule has 2 aromatic carbocycles. The Morgan fingerprint density at radius 2 is 1.72 bits per heavy atom. The predicted octanol–water partition coefficient (Wildman–Crippen LogP) is 4.79. The second-order valence-electron chi connectivity index (χ2n) is 7.55. The van der Waals surface area contributed by atoms with Crippen LogP contribution in [-0.4, -0.2) is 54.9 Å². The van der Waals surface area contributed by atoms with E-state index in [0.717, 1.165) is 43.8 Å². The summed E-state index contributed by atoms with van der Waals surface area (Å²) >= 11 is 5.89. The zero-order chi connectivity index (χ0) is 21.0. The molecule has 1 aliphatic rings. The second-order valence-corrected chi connectivity index (χ2v) is 7.99. The largest absolute Gasteiger partial charge is 0.416 e. The van der Waals surface area contributed by atoms with Crippen LogP contribution >= 0.6 is 11.6 Å². The Morgan fingerprint density at radius 1 is 1.07 bits per heavy atom. The highest BCUT2D eigenvalue weighted by atomic mass is 35.5. The zero-order valence-corrected chi connectivity index (χ0v) is 17.0. The number of nitrogens with zero attached hydrogens (tertiary/aromatic N) is 2. The van der Waals surface area contributed by atoms with Crippen molar-refractivity contribution in [1.29, 1.82) is 0 Å². The molecule has 1 atom stereocenters. The number of carbonyl (C=O) groups is 1. The fraction of sp³-hybridized carbons (Fsp3) is 0.409. The minimum atomic E-state index is -4.32. The lowest BCUT2D eigenvalue weighted by Gasteiger charge is -2.40. The number of likely N-dealkylation sites (N-methyl/N-ethyl adjacent to an activating group) is 1. The Hall–Kier alpha value is -1.89. The molecule has 0 amide bonds. The molecule has 1 unspecified atom stereocenters. The molecule has 1 heterocycles. The van der Waals surface area contributed by atoms with Crippen molar-refractivity contribution in [2.45, 2.75) is 25.1 Å². The first kappa shape index (κ1) is 21.8. The molecular weight excluding hydrogens is 401 g/mol. The molecule has 0 spiro atoms. The number of carbonyl (C=O) groups excluding carboxylic acids is 1. The van der Waals surface area contributed by atoms with Gasteiger partial charge in [-0.05, 0) is 61.9 Å². The Labute approximate surface area is 174 Å². The molecule has 29 heavy (non-hydrogen) atoms. The summed E-state index contributed by atoms with van der Waals surface area (Å²) in [4.78, 5) is 17.1. The van der Waals surface area contributed by atoms with Gasteiger partial charge >= 0.3 is 6.18 Å². The zero-order valence-electron chi connectivity index (χ0n) is 16.3. The number of hydrogen-bond donors (Lipinski definition) is 0.